The van der Waals surface area contributed by atoms with Crippen molar-refractivity contribution < 1.29 is 36.3 Å². The lowest BCUT2D eigenvalue weighted by Gasteiger charge is -2.19. The van der Waals surface area contributed by atoms with Gasteiger partial charge in [-0.1, -0.05) is 72.8 Å². The molecule has 0 aliphatic carbocycles. The number of hydrogen-bond acceptors (Lipinski definition) is 3. The van der Waals surface area contributed by atoms with E-state index in [-0.39, 0.29) is 12.1 Å². The summed E-state index contributed by atoms with van der Waals surface area (Å²) in [6.45, 7) is 1.75. The molecule has 4 aromatic carbocycles. The number of halogens is 5. The van der Waals surface area contributed by atoms with E-state index >= 15 is 0 Å². The summed E-state index contributed by atoms with van der Waals surface area (Å²) in [5.41, 5.74) is 2.46. The third kappa shape index (κ3) is 7.82. The van der Waals surface area contributed by atoms with Crippen LogP contribution in [0.25, 0.3) is 11.1 Å². The molecular formula is C32H26F5N3O3. The zero-order valence-corrected chi connectivity index (χ0v) is 22.7. The van der Waals surface area contributed by atoms with E-state index in [1.54, 1.807) is 67.6 Å². The molecule has 43 heavy (non-hydrogen) atoms. The minimum atomic E-state index is -4.48. The Morgan fingerprint density at radius 3 is 2.07 bits per heavy atom. The Bertz CT molecular complexity index is 1610. The summed E-state index contributed by atoms with van der Waals surface area (Å²) in [7, 11) is 0. The van der Waals surface area contributed by atoms with Gasteiger partial charge in [0.25, 0.3) is 11.8 Å². The highest BCUT2D eigenvalue weighted by molar-refractivity contribution is 6.09. The van der Waals surface area contributed by atoms with E-state index < -0.39 is 41.9 Å². The highest BCUT2D eigenvalue weighted by Gasteiger charge is 2.30. The molecule has 11 heteroatoms. The molecule has 0 radical (unpaired) electrons. The smallest absolute Gasteiger partial charge is 0.350 e. The van der Waals surface area contributed by atoms with Crippen LogP contribution in [0.5, 0.6) is 0 Å². The van der Waals surface area contributed by atoms with E-state index in [4.69, 9.17) is 0 Å². The SMILES string of the molecule is Cc1cc(CNC(=O)[C@@H](NC(=O)C(F)F)c2ccccc2)ccc1NC(=O)c1ccccc1-c1ccc(C(F)(F)F)cc1. The minimum absolute atomic E-state index is 0.0124. The molecule has 0 saturated carbocycles. The zero-order valence-electron chi connectivity index (χ0n) is 22.7. The fraction of sp³-hybridized carbons (Fsp3) is 0.156. The number of aryl methyl sites for hydroxylation is 1. The topological polar surface area (TPSA) is 87.3 Å². The molecule has 0 spiro atoms. The van der Waals surface area contributed by atoms with Crippen LogP contribution >= 0.6 is 0 Å². The normalized spacial score (nSPS) is 12.0. The van der Waals surface area contributed by atoms with Crippen molar-refractivity contribution in [3.63, 3.8) is 0 Å². The molecule has 3 amide bonds. The van der Waals surface area contributed by atoms with E-state index in [2.05, 4.69) is 16.0 Å². The molecule has 0 saturated heterocycles. The van der Waals surface area contributed by atoms with Crippen LogP contribution in [0.2, 0.25) is 0 Å². The van der Waals surface area contributed by atoms with Crippen molar-refractivity contribution in [3.8, 4) is 11.1 Å². The Balaban J connectivity index is 1.45. The molecule has 4 rings (SSSR count). The third-order valence-electron chi connectivity index (χ3n) is 6.58. The van der Waals surface area contributed by atoms with Crippen molar-refractivity contribution in [3.05, 3.63) is 125 Å². The number of amides is 3. The molecule has 6 nitrogen and oxygen atoms in total. The molecular weight excluding hydrogens is 569 g/mol. The summed E-state index contributed by atoms with van der Waals surface area (Å²) in [5.74, 6) is -2.73. The highest BCUT2D eigenvalue weighted by Crippen LogP contribution is 2.32. The third-order valence-corrected chi connectivity index (χ3v) is 6.58. The fourth-order valence-corrected chi connectivity index (χ4v) is 4.38. The summed E-state index contributed by atoms with van der Waals surface area (Å²) < 4.78 is 64.6. The van der Waals surface area contributed by atoms with Crippen LogP contribution in [-0.2, 0) is 22.3 Å². The molecule has 0 aliphatic rings. The number of hydrogen-bond donors (Lipinski definition) is 3. The zero-order chi connectivity index (χ0) is 31.1. The Morgan fingerprint density at radius 2 is 1.44 bits per heavy atom. The average Bonchev–Trinajstić information content (AvgIpc) is 2.99. The van der Waals surface area contributed by atoms with E-state index in [1.165, 1.54) is 24.3 Å². The second kappa shape index (κ2) is 13.3. The first-order valence-electron chi connectivity index (χ1n) is 13.0. The molecule has 0 aliphatic heterocycles. The fourth-order valence-electron chi connectivity index (χ4n) is 4.38. The lowest BCUT2D eigenvalue weighted by atomic mass is 9.98. The van der Waals surface area contributed by atoms with Gasteiger partial charge in [0.05, 0.1) is 5.56 Å². The van der Waals surface area contributed by atoms with Gasteiger partial charge in [-0.3, -0.25) is 14.4 Å². The maximum absolute atomic E-state index is 13.2. The van der Waals surface area contributed by atoms with Crippen molar-refractivity contribution in [2.24, 2.45) is 0 Å². The standard InChI is InChI=1S/C32H26F5N3O3/c1-19-17-20(18-38-30(42)27(40-31(43)28(33)34)22-7-3-2-4-8-22)11-16-26(19)39-29(41)25-10-6-5-9-24(25)21-12-14-23(15-13-21)32(35,36)37/h2-17,27-28H,18H2,1H3,(H,38,42)(H,39,41)(H,40,43)/t27-/m0/s1. The largest absolute Gasteiger partial charge is 0.416 e. The molecule has 3 N–H and O–H groups in total. The summed E-state index contributed by atoms with van der Waals surface area (Å²) in [5, 5.41) is 7.50. The highest BCUT2D eigenvalue weighted by atomic mass is 19.4. The van der Waals surface area contributed by atoms with Crippen LogP contribution in [0.15, 0.2) is 97.1 Å². The van der Waals surface area contributed by atoms with Gasteiger partial charge in [-0.05, 0) is 59.0 Å². The lowest BCUT2D eigenvalue weighted by molar-refractivity contribution is -0.137. The van der Waals surface area contributed by atoms with Gasteiger partial charge in [0.1, 0.15) is 6.04 Å². The van der Waals surface area contributed by atoms with Gasteiger partial charge in [-0.2, -0.15) is 22.0 Å². The Hall–Kier alpha value is -5.06. The first-order valence-corrected chi connectivity index (χ1v) is 13.0. The van der Waals surface area contributed by atoms with Gasteiger partial charge in [-0.15, -0.1) is 0 Å². The summed E-state index contributed by atoms with van der Waals surface area (Å²) in [4.78, 5) is 37.7. The summed E-state index contributed by atoms with van der Waals surface area (Å²) in [6, 6.07) is 22.7. The Kier molecular flexibility index (Phi) is 9.54. The summed E-state index contributed by atoms with van der Waals surface area (Å²) in [6.07, 6.45) is -7.76. The van der Waals surface area contributed by atoms with Crippen LogP contribution in [0.3, 0.4) is 0 Å². The number of carbonyl (C=O) groups is 3. The number of nitrogens with one attached hydrogen (secondary N) is 3. The van der Waals surface area contributed by atoms with Crippen molar-refractivity contribution in [2.45, 2.75) is 32.1 Å². The van der Waals surface area contributed by atoms with Crippen LogP contribution in [0, 0.1) is 6.92 Å². The quantitative estimate of drug-likeness (QED) is 0.189. The molecule has 0 unspecified atom stereocenters. The monoisotopic (exact) mass is 595 g/mol. The van der Waals surface area contributed by atoms with E-state index in [9.17, 15) is 36.3 Å². The van der Waals surface area contributed by atoms with Crippen molar-refractivity contribution in [2.75, 3.05) is 5.32 Å². The van der Waals surface area contributed by atoms with Gasteiger partial charge in [0.2, 0.25) is 5.91 Å². The second-order valence-corrected chi connectivity index (χ2v) is 9.59. The van der Waals surface area contributed by atoms with Gasteiger partial charge in [-0.25, -0.2) is 0 Å². The summed E-state index contributed by atoms with van der Waals surface area (Å²) >= 11 is 0. The number of carbonyl (C=O) groups excluding carboxylic acids is 3. The molecule has 0 fully saturated rings. The number of alkyl halides is 5. The van der Waals surface area contributed by atoms with Crippen molar-refractivity contribution in [1.82, 2.24) is 10.6 Å². The maximum atomic E-state index is 13.2. The number of benzene rings is 4. The number of anilines is 1. The first kappa shape index (κ1) is 30.9. The molecule has 222 valence electrons. The molecule has 0 bridgehead atoms. The van der Waals surface area contributed by atoms with E-state index in [0.29, 0.717) is 33.5 Å². The molecule has 0 aromatic heterocycles. The van der Waals surface area contributed by atoms with Crippen molar-refractivity contribution >= 4 is 23.4 Å². The Labute approximate surface area is 243 Å². The predicted octanol–water partition coefficient (Wildman–Crippen LogP) is 6.67. The van der Waals surface area contributed by atoms with Crippen molar-refractivity contribution in [1.29, 1.82) is 0 Å². The Morgan fingerprint density at radius 1 is 0.791 bits per heavy atom. The van der Waals surface area contributed by atoms with Crippen LogP contribution in [-0.4, -0.2) is 24.1 Å². The van der Waals surface area contributed by atoms with E-state index in [0.717, 1.165) is 12.1 Å². The molecule has 1 atom stereocenters. The van der Waals surface area contributed by atoms with Gasteiger partial charge < -0.3 is 16.0 Å². The van der Waals surface area contributed by atoms with Crippen LogP contribution in [0.4, 0.5) is 27.6 Å². The first-order chi connectivity index (χ1) is 20.4. The second-order valence-electron chi connectivity index (χ2n) is 9.59. The minimum Gasteiger partial charge on any atom is -0.350 e. The van der Waals surface area contributed by atoms with Crippen LogP contribution in [0.1, 0.15) is 38.7 Å². The van der Waals surface area contributed by atoms with Gasteiger partial charge >= 0.3 is 12.6 Å². The van der Waals surface area contributed by atoms with E-state index in [1.807, 2.05) is 0 Å². The van der Waals surface area contributed by atoms with Crippen LogP contribution < -0.4 is 16.0 Å². The lowest BCUT2D eigenvalue weighted by Crippen LogP contribution is -2.42. The maximum Gasteiger partial charge on any atom is 0.416 e. The van der Waals surface area contributed by atoms with Gasteiger partial charge in [0, 0.05) is 17.8 Å². The molecule has 0 heterocycles. The predicted molar refractivity (Wildman–Crippen MR) is 151 cm³/mol. The average molecular weight is 596 g/mol. The number of rotatable bonds is 9. The molecule has 4 aromatic rings. The van der Waals surface area contributed by atoms with Gasteiger partial charge in [0.15, 0.2) is 0 Å².